The quantitative estimate of drug-likeness (QED) is 0.598. The number of anilines is 1. The molecule has 0 spiro atoms. The van der Waals surface area contributed by atoms with E-state index < -0.39 is 6.04 Å². The predicted octanol–water partition coefficient (Wildman–Crippen LogP) is 3.12. The number of hydrogen-bond acceptors (Lipinski definition) is 4. The van der Waals surface area contributed by atoms with Gasteiger partial charge in [0.25, 0.3) is 0 Å². The second-order valence-corrected chi connectivity index (χ2v) is 7.67. The van der Waals surface area contributed by atoms with Crippen molar-refractivity contribution in [3.8, 4) is 0 Å². The summed E-state index contributed by atoms with van der Waals surface area (Å²) in [5.41, 5.74) is 2.93. The SMILES string of the molecule is CC1=C(C(=O)OC(C)C)[C@H](c2ccc(NC(=O)C3CC3)cc2)NC(=S)N1C. The molecule has 2 N–H and O–H groups in total. The zero-order valence-electron chi connectivity index (χ0n) is 16.0. The van der Waals surface area contributed by atoms with Crippen LogP contribution < -0.4 is 10.6 Å². The molecule has 0 radical (unpaired) electrons. The fourth-order valence-corrected chi connectivity index (χ4v) is 3.23. The average molecular weight is 388 g/mol. The van der Waals surface area contributed by atoms with E-state index in [1.807, 2.05) is 52.1 Å². The Morgan fingerprint density at radius 3 is 2.44 bits per heavy atom. The van der Waals surface area contributed by atoms with E-state index in [0.29, 0.717) is 10.7 Å². The van der Waals surface area contributed by atoms with Crippen molar-refractivity contribution in [2.24, 2.45) is 5.92 Å². The van der Waals surface area contributed by atoms with Crippen molar-refractivity contribution in [1.29, 1.82) is 0 Å². The van der Waals surface area contributed by atoms with Crippen LogP contribution in [-0.2, 0) is 14.3 Å². The van der Waals surface area contributed by atoms with Crippen LogP contribution in [0.5, 0.6) is 0 Å². The predicted molar refractivity (Wildman–Crippen MR) is 108 cm³/mol. The minimum Gasteiger partial charge on any atom is -0.459 e. The summed E-state index contributed by atoms with van der Waals surface area (Å²) in [6.45, 7) is 5.51. The van der Waals surface area contributed by atoms with E-state index in [0.717, 1.165) is 29.8 Å². The number of amides is 1. The van der Waals surface area contributed by atoms with Gasteiger partial charge in [0.05, 0.1) is 17.7 Å². The van der Waals surface area contributed by atoms with E-state index in [1.54, 1.807) is 4.90 Å². The van der Waals surface area contributed by atoms with Gasteiger partial charge in [-0.2, -0.15) is 0 Å². The van der Waals surface area contributed by atoms with E-state index in [-0.39, 0.29) is 23.9 Å². The molecule has 1 aliphatic carbocycles. The van der Waals surface area contributed by atoms with Gasteiger partial charge < -0.3 is 20.3 Å². The van der Waals surface area contributed by atoms with Gasteiger partial charge >= 0.3 is 5.97 Å². The van der Waals surface area contributed by atoms with E-state index in [2.05, 4.69) is 10.6 Å². The highest BCUT2D eigenvalue weighted by atomic mass is 32.1. The van der Waals surface area contributed by atoms with Crippen molar-refractivity contribution in [3.05, 3.63) is 41.1 Å². The monoisotopic (exact) mass is 387 g/mol. The Hall–Kier alpha value is -2.41. The Morgan fingerprint density at radius 2 is 1.89 bits per heavy atom. The summed E-state index contributed by atoms with van der Waals surface area (Å²) in [5, 5.41) is 6.68. The fraction of sp³-hybridized carbons (Fsp3) is 0.450. The van der Waals surface area contributed by atoms with Crippen LogP contribution in [0.25, 0.3) is 0 Å². The summed E-state index contributed by atoms with van der Waals surface area (Å²) < 4.78 is 5.44. The third-order valence-electron chi connectivity index (χ3n) is 4.78. The Kier molecular flexibility index (Phi) is 5.51. The number of carbonyl (C=O) groups is 2. The summed E-state index contributed by atoms with van der Waals surface area (Å²) in [4.78, 5) is 26.4. The number of nitrogens with zero attached hydrogens (tertiary/aromatic N) is 1. The number of ether oxygens (including phenoxy) is 1. The highest BCUT2D eigenvalue weighted by molar-refractivity contribution is 7.80. The molecule has 27 heavy (non-hydrogen) atoms. The molecule has 144 valence electrons. The summed E-state index contributed by atoms with van der Waals surface area (Å²) >= 11 is 5.40. The number of rotatable bonds is 5. The van der Waals surface area contributed by atoms with Gasteiger partial charge in [-0.1, -0.05) is 12.1 Å². The van der Waals surface area contributed by atoms with E-state index in [1.165, 1.54) is 0 Å². The molecular formula is C20H25N3O3S. The third-order valence-corrected chi connectivity index (χ3v) is 5.17. The molecule has 1 aliphatic heterocycles. The van der Waals surface area contributed by atoms with Gasteiger partial charge in [-0.05, 0) is 63.5 Å². The molecule has 1 atom stereocenters. The van der Waals surface area contributed by atoms with Crippen LogP contribution in [0.1, 0.15) is 45.2 Å². The number of esters is 1. The minimum atomic E-state index is -0.395. The molecule has 3 rings (SSSR count). The Bertz CT molecular complexity index is 797. The normalized spacial score (nSPS) is 19.8. The van der Waals surface area contributed by atoms with Crippen LogP contribution in [0.4, 0.5) is 5.69 Å². The van der Waals surface area contributed by atoms with Gasteiger partial charge in [0.15, 0.2) is 5.11 Å². The van der Waals surface area contributed by atoms with Crippen molar-refractivity contribution in [3.63, 3.8) is 0 Å². The average Bonchev–Trinajstić information content (AvgIpc) is 3.44. The highest BCUT2D eigenvalue weighted by Crippen LogP contribution is 2.33. The van der Waals surface area contributed by atoms with Gasteiger partial charge in [-0.3, -0.25) is 4.79 Å². The Morgan fingerprint density at radius 1 is 1.26 bits per heavy atom. The molecule has 1 amide bonds. The van der Waals surface area contributed by atoms with Gasteiger partial charge in [0.2, 0.25) is 5.91 Å². The molecule has 0 saturated heterocycles. The topological polar surface area (TPSA) is 70.7 Å². The van der Waals surface area contributed by atoms with Crippen LogP contribution in [0.2, 0.25) is 0 Å². The lowest BCUT2D eigenvalue weighted by molar-refractivity contribution is -0.143. The van der Waals surface area contributed by atoms with Crippen molar-refractivity contribution < 1.29 is 14.3 Å². The van der Waals surface area contributed by atoms with Crippen molar-refractivity contribution in [2.75, 3.05) is 12.4 Å². The smallest absolute Gasteiger partial charge is 0.338 e. The molecule has 7 heteroatoms. The summed E-state index contributed by atoms with van der Waals surface area (Å²) in [5.74, 6) is -0.140. The van der Waals surface area contributed by atoms with Crippen LogP contribution >= 0.6 is 12.2 Å². The van der Waals surface area contributed by atoms with Gasteiger partial charge in [0.1, 0.15) is 0 Å². The molecule has 6 nitrogen and oxygen atoms in total. The Balaban J connectivity index is 1.86. The zero-order valence-corrected chi connectivity index (χ0v) is 16.9. The standard InChI is InChI=1S/C20H25N3O3S/c1-11(2)26-19(25)16-12(3)23(4)20(27)22-17(16)13-7-9-15(10-8-13)21-18(24)14-5-6-14/h7-11,14,17H,5-6H2,1-4H3,(H,21,24)(H,22,27)/t17-/m0/s1. The number of carbonyl (C=O) groups excluding carboxylic acids is 2. The molecule has 2 aliphatic rings. The maximum Gasteiger partial charge on any atom is 0.338 e. The number of thiocarbonyl (C=S) groups is 1. The molecule has 0 bridgehead atoms. The van der Waals surface area contributed by atoms with E-state index in [4.69, 9.17) is 17.0 Å². The van der Waals surface area contributed by atoms with E-state index >= 15 is 0 Å². The number of allylic oxidation sites excluding steroid dienone is 1. The zero-order chi connectivity index (χ0) is 19.7. The maximum atomic E-state index is 12.7. The largest absolute Gasteiger partial charge is 0.459 e. The summed E-state index contributed by atoms with van der Waals surface area (Å²) in [6, 6.07) is 7.08. The number of benzene rings is 1. The van der Waals surface area contributed by atoms with Gasteiger partial charge in [-0.25, -0.2) is 4.79 Å². The molecule has 1 aromatic rings. The summed E-state index contributed by atoms with van der Waals surface area (Å²) in [7, 11) is 1.82. The fourth-order valence-electron chi connectivity index (χ4n) is 2.98. The first kappa shape index (κ1) is 19.4. The first-order valence-electron chi connectivity index (χ1n) is 9.14. The lowest BCUT2D eigenvalue weighted by Gasteiger charge is -2.35. The van der Waals surface area contributed by atoms with Crippen molar-refractivity contribution in [1.82, 2.24) is 10.2 Å². The molecule has 0 unspecified atom stereocenters. The number of hydrogen-bond donors (Lipinski definition) is 2. The molecule has 1 heterocycles. The number of nitrogens with one attached hydrogen (secondary N) is 2. The van der Waals surface area contributed by atoms with E-state index in [9.17, 15) is 9.59 Å². The van der Waals surface area contributed by atoms with Gasteiger partial charge in [-0.15, -0.1) is 0 Å². The third kappa shape index (κ3) is 4.30. The van der Waals surface area contributed by atoms with Crippen LogP contribution in [0.15, 0.2) is 35.5 Å². The second kappa shape index (κ2) is 7.68. The minimum absolute atomic E-state index is 0.0679. The summed E-state index contributed by atoms with van der Waals surface area (Å²) in [6.07, 6.45) is 1.72. The van der Waals surface area contributed by atoms with Crippen LogP contribution in [0, 0.1) is 5.92 Å². The first-order chi connectivity index (χ1) is 12.8. The van der Waals surface area contributed by atoms with Crippen molar-refractivity contribution >= 4 is 34.9 Å². The molecular weight excluding hydrogens is 362 g/mol. The second-order valence-electron chi connectivity index (χ2n) is 7.28. The molecule has 1 fully saturated rings. The molecule has 0 aromatic heterocycles. The lowest BCUT2D eigenvalue weighted by atomic mass is 9.95. The molecule has 1 saturated carbocycles. The maximum absolute atomic E-state index is 12.7. The van der Waals surface area contributed by atoms with Gasteiger partial charge in [0, 0.05) is 24.4 Å². The highest BCUT2D eigenvalue weighted by Gasteiger charge is 2.34. The molecule has 1 aromatic carbocycles. The first-order valence-corrected chi connectivity index (χ1v) is 9.55. The van der Waals surface area contributed by atoms with Crippen LogP contribution in [0.3, 0.4) is 0 Å². The lowest BCUT2D eigenvalue weighted by Crippen LogP contribution is -2.46. The Labute approximate surface area is 164 Å². The van der Waals surface area contributed by atoms with Crippen LogP contribution in [-0.4, -0.2) is 35.0 Å². The van der Waals surface area contributed by atoms with Crippen molar-refractivity contribution in [2.45, 2.75) is 45.8 Å².